The summed E-state index contributed by atoms with van der Waals surface area (Å²) in [4.78, 5) is 32.3. The number of pyridine rings is 1. The van der Waals surface area contributed by atoms with Gasteiger partial charge in [0.15, 0.2) is 11.5 Å². The number of hydrogen-bond acceptors (Lipinski definition) is 6. The van der Waals surface area contributed by atoms with Gasteiger partial charge < -0.3 is 4.74 Å². The van der Waals surface area contributed by atoms with Crippen molar-refractivity contribution in [3.05, 3.63) is 84.3 Å². The van der Waals surface area contributed by atoms with Crippen molar-refractivity contribution >= 4 is 34.1 Å². The van der Waals surface area contributed by atoms with E-state index >= 15 is 0 Å². The van der Waals surface area contributed by atoms with Crippen molar-refractivity contribution in [1.29, 1.82) is 0 Å². The van der Waals surface area contributed by atoms with Gasteiger partial charge in [-0.15, -0.1) is 0 Å². The summed E-state index contributed by atoms with van der Waals surface area (Å²) >= 11 is 1.03. The fourth-order valence-electron chi connectivity index (χ4n) is 3.52. The molecule has 0 bridgehead atoms. The number of nitrogens with one attached hydrogen (secondary N) is 1. The van der Waals surface area contributed by atoms with Crippen LogP contribution in [0.5, 0.6) is 5.75 Å². The van der Waals surface area contributed by atoms with Crippen LogP contribution in [-0.4, -0.2) is 30.9 Å². The fourth-order valence-corrected chi connectivity index (χ4v) is 4.38. The topological polar surface area (TPSA) is 86.1 Å². The zero-order valence-electron chi connectivity index (χ0n) is 16.4. The second kappa shape index (κ2) is 8.23. The third kappa shape index (κ3) is 4.02. The largest absolute Gasteiger partial charge is 0.486 e. The molecule has 1 aliphatic heterocycles. The number of imidazole rings is 1. The van der Waals surface area contributed by atoms with E-state index < -0.39 is 0 Å². The average Bonchev–Trinajstić information content (AvgIpc) is 3.32. The number of thioether (sulfide) groups is 1. The number of para-hydroxylation sites is 1. The van der Waals surface area contributed by atoms with E-state index in [0.717, 1.165) is 40.0 Å². The molecule has 7 nitrogen and oxygen atoms in total. The van der Waals surface area contributed by atoms with Crippen LogP contribution in [0.2, 0.25) is 0 Å². The highest BCUT2D eigenvalue weighted by Gasteiger charge is 2.31. The van der Waals surface area contributed by atoms with E-state index in [1.54, 1.807) is 6.20 Å². The predicted octanol–water partition coefficient (Wildman–Crippen LogP) is 3.89. The smallest absolute Gasteiger partial charge is 0.286 e. The second-order valence-electron chi connectivity index (χ2n) is 7.07. The summed E-state index contributed by atoms with van der Waals surface area (Å²) in [5.41, 5.74) is 3.53. The molecule has 1 unspecified atom stereocenters. The number of carbonyl (C=O) groups is 2. The first kappa shape index (κ1) is 19.3. The van der Waals surface area contributed by atoms with E-state index in [1.165, 1.54) is 0 Å². The van der Waals surface area contributed by atoms with Crippen LogP contribution in [0.3, 0.4) is 0 Å². The fraction of sp³-hybridized carbons (Fsp3) is 0.130. The molecule has 0 radical (unpaired) electrons. The van der Waals surface area contributed by atoms with E-state index in [-0.39, 0.29) is 23.0 Å². The Balaban J connectivity index is 1.33. The molecule has 31 heavy (non-hydrogen) atoms. The summed E-state index contributed by atoms with van der Waals surface area (Å²) in [7, 11) is 0. The van der Waals surface area contributed by atoms with Crippen molar-refractivity contribution in [3.8, 4) is 11.4 Å². The van der Waals surface area contributed by atoms with Gasteiger partial charge in [0.2, 0.25) is 5.91 Å². The number of imide groups is 1. The van der Waals surface area contributed by atoms with Crippen molar-refractivity contribution in [2.45, 2.75) is 18.3 Å². The van der Waals surface area contributed by atoms with Crippen LogP contribution >= 0.6 is 11.8 Å². The van der Waals surface area contributed by atoms with Crippen LogP contribution in [0.4, 0.5) is 4.79 Å². The molecule has 2 aromatic carbocycles. The van der Waals surface area contributed by atoms with Crippen molar-refractivity contribution < 1.29 is 14.3 Å². The standard InChI is InChI=1S/C23H18N4O3S/c28-22-19(31-23(29)26-22)13-15-8-10-17(11-9-15)30-14-20-25-18-7-4-12-24-21(18)27(20)16-5-2-1-3-6-16/h1-12,19H,13-14H2,(H,26,28,29). The van der Waals surface area contributed by atoms with Gasteiger partial charge in [-0.2, -0.15) is 0 Å². The molecule has 1 aliphatic rings. The SMILES string of the molecule is O=C1NC(=O)C(Cc2ccc(OCc3nc4cccnc4n3-c3ccccc3)cc2)S1. The Hall–Kier alpha value is -3.65. The highest BCUT2D eigenvalue weighted by atomic mass is 32.2. The maximum Gasteiger partial charge on any atom is 0.286 e. The molecule has 1 N–H and O–H groups in total. The van der Waals surface area contributed by atoms with Crippen molar-refractivity contribution in [3.63, 3.8) is 0 Å². The number of aromatic nitrogens is 3. The maximum absolute atomic E-state index is 11.7. The molecule has 4 aromatic rings. The lowest BCUT2D eigenvalue weighted by atomic mass is 10.1. The van der Waals surface area contributed by atoms with Gasteiger partial charge in [-0.05, 0) is 48.4 Å². The lowest BCUT2D eigenvalue weighted by Crippen LogP contribution is -2.25. The molecule has 5 rings (SSSR count). The summed E-state index contributed by atoms with van der Waals surface area (Å²) in [5, 5.41) is 1.65. The lowest BCUT2D eigenvalue weighted by Gasteiger charge is -2.11. The van der Waals surface area contributed by atoms with Gasteiger partial charge in [-0.3, -0.25) is 19.5 Å². The Morgan fingerprint density at radius 2 is 1.81 bits per heavy atom. The van der Waals surface area contributed by atoms with E-state index in [4.69, 9.17) is 9.72 Å². The first-order valence-corrected chi connectivity index (χ1v) is 10.7. The average molecular weight is 430 g/mol. The normalized spacial score (nSPS) is 15.9. The second-order valence-corrected chi connectivity index (χ2v) is 8.24. The van der Waals surface area contributed by atoms with Crippen LogP contribution in [0.25, 0.3) is 16.9 Å². The number of rotatable bonds is 6. The Bertz CT molecular complexity index is 1260. The summed E-state index contributed by atoms with van der Waals surface area (Å²) in [6, 6.07) is 21.3. The molecule has 1 saturated heterocycles. The van der Waals surface area contributed by atoms with Gasteiger partial charge in [0.05, 0.1) is 5.25 Å². The Kier molecular flexibility index (Phi) is 5.13. The molecule has 3 heterocycles. The molecule has 0 spiro atoms. The summed E-state index contributed by atoms with van der Waals surface area (Å²) in [5.74, 6) is 1.22. The van der Waals surface area contributed by atoms with Gasteiger partial charge in [0.1, 0.15) is 17.9 Å². The predicted molar refractivity (Wildman–Crippen MR) is 118 cm³/mol. The molecule has 154 valence electrons. The van der Waals surface area contributed by atoms with E-state index in [1.807, 2.05) is 71.3 Å². The Morgan fingerprint density at radius 1 is 1.00 bits per heavy atom. The molecule has 8 heteroatoms. The minimum Gasteiger partial charge on any atom is -0.486 e. The quantitative estimate of drug-likeness (QED) is 0.499. The van der Waals surface area contributed by atoms with Gasteiger partial charge in [-0.1, -0.05) is 42.1 Å². The monoisotopic (exact) mass is 430 g/mol. The van der Waals surface area contributed by atoms with E-state index in [2.05, 4.69) is 10.3 Å². The van der Waals surface area contributed by atoms with Crippen LogP contribution in [-0.2, 0) is 17.8 Å². The third-order valence-corrected chi connectivity index (χ3v) is 5.96. The minimum absolute atomic E-state index is 0.233. The molecule has 2 aromatic heterocycles. The van der Waals surface area contributed by atoms with Crippen molar-refractivity contribution in [2.75, 3.05) is 0 Å². The first-order valence-electron chi connectivity index (χ1n) is 9.78. The third-order valence-electron chi connectivity index (χ3n) is 4.98. The van der Waals surface area contributed by atoms with Gasteiger partial charge in [-0.25, -0.2) is 9.97 Å². The van der Waals surface area contributed by atoms with Gasteiger partial charge >= 0.3 is 0 Å². The molecule has 1 fully saturated rings. The highest BCUT2D eigenvalue weighted by molar-refractivity contribution is 8.15. The van der Waals surface area contributed by atoms with Crippen LogP contribution in [0.1, 0.15) is 11.4 Å². The van der Waals surface area contributed by atoms with Gasteiger partial charge in [0, 0.05) is 11.9 Å². The number of benzene rings is 2. The summed E-state index contributed by atoms with van der Waals surface area (Å²) in [6.45, 7) is 0.278. The number of ether oxygens (including phenoxy) is 1. The molecule has 0 saturated carbocycles. The molecular formula is C23H18N4O3S. The van der Waals surface area contributed by atoms with Crippen LogP contribution in [0.15, 0.2) is 72.9 Å². The first-order chi connectivity index (χ1) is 15.2. The Labute approximate surface area is 182 Å². The van der Waals surface area contributed by atoms with Crippen molar-refractivity contribution in [2.24, 2.45) is 0 Å². The zero-order valence-corrected chi connectivity index (χ0v) is 17.2. The number of carbonyl (C=O) groups excluding carboxylic acids is 2. The number of fused-ring (bicyclic) bond motifs is 1. The number of amides is 2. The highest BCUT2D eigenvalue weighted by Crippen LogP contribution is 2.25. The zero-order chi connectivity index (χ0) is 21.2. The minimum atomic E-state index is -0.377. The maximum atomic E-state index is 11.7. The van der Waals surface area contributed by atoms with E-state index in [9.17, 15) is 9.59 Å². The van der Waals surface area contributed by atoms with Gasteiger partial charge in [0.25, 0.3) is 5.24 Å². The van der Waals surface area contributed by atoms with Crippen LogP contribution in [0, 0.1) is 0 Å². The van der Waals surface area contributed by atoms with E-state index in [0.29, 0.717) is 12.2 Å². The lowest BCUT2D eigenvalue weighted by molar-refractivity contribution is -0.118. The molecule has 1 atom stereocenters. The number of nitrogens with zero attached hydrogens (tertiary/aromatic N) is 3. The molecule has 2 amide bonds. The van der Waals surface area contributed by atoms with Crippen molar-refractivity contribution in [1.82, 2.24) is 19.9 Å². The Morgan fingerprint density at radius 3 is 2.55 bits per heavy atom. The summed E-state index contributed by atoms with van der Waals surface area (Å²) in [6.07, 6.45) is 2.25. The summed E-state index contributed by atoms with van der Waals surface area (Å²) < 4.78 is 7.99. The molecule has 0 aliphatic carbocycles. The molecular weight excluding hydrogens is 412 g/mol. The number of hydrogen-bond donors (Lipinski definition) is 1. The van der Waals surface area contributed by atoms with Crippen LogP contribution < -0.4 is 10.1 Å².